The molecule has 0 aromatic heterocycles. The summed E-state index contributed by atoms with van der Waals surface area (Å²) in [5, 5.41) is 2.65. The van der Waals surface area contributed by atoms with E-state index in [1.807, 2.05) is 18.2 Å². The van der Waals surface area contributed by atoms with Gasteiger partial charge in [-0.2, -0.15) is 0 Å². The number of methoxy groups -OCH3 is 2. The predicted molar refractivity (Wildman–Crippen MR) is 108 cm³/mol. The Balaban J connectivity index is 1.52. The Kier molecular flexibility index (Phi) is 6.53. The van der Waals surface area contributed by atoms with Crippen molar-refractivity contribution in [3.05, 3.63) is 54.1 Å². The van der Waals surface area contributed by atoms with Gasteiger partial charge in [0.1, 0.15) is 0 Å². The highest BCUT2D eigenvalue weighted by Crippen LogP contribution is 2.29. The average Bonchev–Trinajstić information content (AvgIpc) is 2.74. The molecule has 2 aromatic carbocycles. The Morgan fingerprint density at radius 3 is 2.32 bits per heavy atom. The van der Waals surface area contributed by atoms with Crippen molar-refractivity contribution in [1.29, 1.82) is 0 Å². The molecule has 1 fully saturated rings. The quantitative estimate of drug-likeness (QED) is 0.807. The molecule has 1 aliphatic heterocycles. The third-order valence-corrected chi connectivity index (χ3v) is 5.10. The summed E-state index contributed by atoms with van der Waals surface area (Å²) < 4.78 is 10.4. The third-order valence-electron chi connectivity index (χ3n) is 5.10. The molecule has 148 valence electrons. The number of carbonyl (C=O) groups excluding carboxylic acids is 2. The van der Waals surface area contributed by atoms with Crippen LogP contribution in [0, 0.1) is 5.92 Å². The van der Waals surface area contributed by atoms with E-state index in [0.717, 1.165) is 19.3 Å². The van der Waals surface area contributed by atoms with Crippen molar-refractivity contribution in [3.8, 4) is 11.5 Å². The molecule has 0 saturated carbocycles. The summed E-state index contributed by atoms with van der Waals surface area (Å²) in [6, 6.07) is 15.4. The first-order chi connectivity index (χ1) is 13.6. The first-order valence-corrected chi connectivity index (χ1v) is 9.47. The number of hydrogen-bond acceptors (Lipinski definition) is 4. The first-order valence-electron chi connectivity index (χ1n) is 9.47. The van der Waals surface area contributed by atoms with Gasteiger partial charge in [0.2, 0.25) is 0 Å². The number of nitrogens with one attached hydrogen (secondary N) is 1. The molecule has 0 unspecified atom stereocenters. The average molecular weight is 382 g/mol. The number of piperidine rings is 1. The number of anilines is 1. The minimum Gasteiger partial charge on any atom is -0.493 e. The lowest BCUT2D eigenvalue weighted by Gasteiger charge is -2.31. The Hall–Kier alpha value is -3.02. The van der Waals surface area contributed by atoms with E-state index in [4.69, 9.17) is 9.47 Å². The van der Waals surface area contributed by atoms with Gasteiger partial charge in [-0.05, 0) is 42.9 Å². The number of hydrogen-bond donors (Lipinski definition) is 1. The molecule has 28 heavy (non-hydrogen) atoms. The lowest BCUT2D eigenvalue weighted by molar-refractivity contribution is -0.144. The van der Waals surface area contributed by atoms with Gasteiger partial charge in [0, 0.05) is 24.8 Å². The normalized spacial score (nSPS) is 14.4. The van der Waals surface area contributed by atoms with Crippen LogP contribution in [0.4, 0.5) is 5.69 Å². The van der Waals surface area contributed by atoms with Crippen LogP contribution in [0.1, 0.15) is 18.4 Å². The highest BCUT2D eigenvalue weighted by molar-refractivity contribution is 6.39. The maximum atomic E-state index is 12.5. The van der Waals surface area contributed by atoms with E-state index in [1.54, 1.807) is 30.2 Å². The van der Waals surface area contributed by atoms with E-state index in [1.165, 1.54) is 12.7 Å². The number of benzene rings is 2. The summed E-state index contributed by atoms with van der Waals surface area (Å²) >= 11 is 0. The zero-order valence-corrected chi connectivity index (χ0v) is 16.3. The Morgan fingerprint density at radius 2 is 1.68 bits per heavy atom. The molecular formula is C22H26N2O4. The van der Waals surface area contributed by atoms with Gasteiger partial charge < -0.3 is 19.7 Å². The topological polar surface area (TPSA) is 67.9 Å². The largest absolute Gasteiger partial charge is 0.493 e. The molecule has 1 N–H and O–H groups in total. The van der Waals surface area contributed by atoms with Crippen LogP contribution < -0.4 is 14.8 Å². The van der Waals surface area contributed by atoms with Crippen LogP contribution in [-0.2, 0) is 16.0 Å². The van der Waals surface area contributed by atoms with E-state index in [2.05, 4.69) is 17.4 Å². The van der Waals surface area contributed by atoms with E-state index in [0.29, 0.717) is 36.2 Å². The SMILES string of the molecule is COc1ccc(NC(=O)C(=O)N2CCC(Cc3ccccc3)CC2)cc1OC. The van der Waals surface area contributed by atoms with Crippen molar-refractivity contribution in [2.24, 2.45) is 5.92 Å². The monoisotopic (exact) mass is 382 g/mol. The second-order valence-corrected chi connectivity index (χ2v) is 6.95. The fraction of sp³-hybridized carbons (Fsp3) is 0.364. The molecular weight excluding hydrogens is 356 g/mol. The number of ether oxygens (including phenoxy) is 2. The fourth-order valence-electron chi connectivity index (χ4n) is 3.53. The van der Waals surface area contributed by atoms with Gasteiger partial charge in [0.05, 0.1) is 14.2 Å². The molecule has 6 nitrogen and oxygen atoms in total. The van der Waals surface area contributed by atoms with Gasteiger partial charge in [-0.1, -0.05) is 30.3 Å². The van der Waals surface area contributed by atoms with Crippen LogP contribution in [0.15, 0.2) is 48.5 Å². The van der Waals surface area contributed by atoms with E-state index in [-0.39, 0.29) is 0 Å². The van der Waals surface area contributed by atoms with Gasteiger partial charge in [-0.15, -0.1) is 0 Å². The summed E-state index contributed by atoms with van der Waals surface area (Å²) in [5.41, 5.74) is 1.81. The third kappa shape index (κ3) is 4.82. The molecule has 1 aliphatic rings. The van der Waals surface area contributed by atoms with Gasteiger partial charge in [-0.3, -0.25) is 9.59 Å². The van der Waals surface area contributed by atoms with E-state index >= 15 is 0 Å². The lowest BCUT2D eigenvalue weighted by Crippen LogP contribution is -2.44. The zero-order chi connectivity index (χ0) is 19.9. The van der Waals surface area contributed by atoms with Crippen molar-refractivity contribution in [1.82, 2.24) is 4.90 Å². The van der Waals surface area contributed by atoms with Crippen molar-refractivity contribution < 1.29 is 19.1 Å². The molecule has 2 aromatic rings. The van der Waals surface area contributed by atoms with Crippen LogP contribution in [0.2, 0.25) is 0 Å². The van der Waals surface area contributed by atoms with Gasteiger partial charge in [0.25, 0.3) is 0 Å². The number of amides is 2. The first kappa shape index (κ1) is 19.7. The van der Waals surface area contributed by atoms with Crippen LogP contribution in [-0.4, -0.2) is 44.0 Å². The summed E-state index contributed by atoms with van der Waals surface area (Å²) in [6.45, 7) is 1.21. The molecule has 3 rings (SSSR count). The minimum absolute atomic E-state index is 0.493. The summed E-state index contributed by atoms with van der Waals surface area (Å²) in [6.07, 6.45) is 2.83. The summed E-state index contributed by atoms with van der Waals surface area (Å²) in [7, 11) is 3.06. The second-order valence-electron chi connectivity index (χ2n) is 6.95. The second kappa shape index (κ2) is 9.26. The Labute approximate surface area is 165 Å². The maximum Gasteiger partial charge on any atom is 0.313 e. The zero-order valence-electron chi connectivity index (χ0n) is 16.3. The highest BCUT2D eigenvalue weighted by atomic mass is 16.5. The number of rotatable bonds is 5. The molecule has 2 amide bonds. The molecule has 6 heteroatoms. The smallest absolute Gasteiger partial charge is 0.313 e. The molecule has 0 atom stereocenters. The van der Waals surface area contributed by atoms with Crippen LogP contribution in [0.25, 0.3) is 0 Å². The van der Waals surface area contributed by atoms with Crippen molar-refractivity contribution in [3.63, 3.8) is 0 Å². The summed E-state index contributed by atoms with van der Waals surface area (Å²) in [5.74, 6) is 0.476. The lowest BCUT2D eigenvalue weighted by atomic mass is 9.90. The molecule has 0 aliphatic carbocycles. The molecule has 0 spiro atoms. The van der Waals surface area contributed by atoms with E-state index < -0.39 is 11.8 Å². The molecule has 1 saturated heterocycles. The van der Waals surface area contributed by atoms with Crippen LogP contribution in [0.3, 0.4) is 0 Å². The number of nitrogens with zero attached hydrogens (tertiary/aromatic N) is 1. The van der Waals surface area contributed by atoms with Crippen LogP contribution >= 0.6 is 0 Å². The highest BCUT2D eigenvalue weighted by Gasteiger charge is 2.27. The molecule has 0 bridgehead atoms. The van der Waals surface area contributed by atoms with Crippen molar-refractivity contribution in [2.75, 3.05) is 32.6 Å². The van der Waals surface area contributed by atoms with E-state index in [9.17, 15) is 9.59 Å². The fourth-order valence-corrected chi connectivity index (χ4v) is 3.53. The predicted octanol–water partition coefficient (Wildman–Crippen LogP) is 3.12. The van der Waals surface area contributed by atoms with Crippen molar-refractivity contribution >= 4 is 17.5 Å². The van der Waals surface area contributed by atoms with Gasteiger partial charge in [0.15, 0.2) is 11.5 Å². The Bertz CT molecular complexity index is 815. The Morgan fingerprint density at radius 1 is 1.00 bits per heavy atom. The standard InChI is InChI=1S/C22H26N2O4/c1-27-19-9-8-18(15-20(19)28-2)23-21(25)22(26)24-12-10-17(11-13-24)14-16-6-4-3-5-7-16/h3-9,15,17H,10-14H2,1-2H3,(H,23,25). The van der Waals surface area contributed by atoms with Gasteiger partial charge >= 0.3 is 11.8 Å². The maximum absolute atomic E-state index is 12.5. The van der Waals surface area contributed by atoms with Crippen molar-refractivity contribution in [2.45, 2.75) is 19.3 Å². The van der Waals surface area contributed by atoms with Gasteiger partial charge in [-0.25, -0.2) is 0 Å². The molecule has 0 radical (unpaired) electrons. The van der Waals surface area contributed by atoms with Crippen LogP contribution in [0.5, 0.6) is 11.5 Å². The minimum atomic E-state index is -0.631. The summed E-state index contributed by atoms with van der Waals surface area (Å²) in [4.78, 5) is 26.5. The number of likely N-dealkylation sites (tertiary alicyclic amines) is 1. The number of carbonyl (C=O) groups is 2. The molecule has 1 heterocycles.